The van der Waals surface area contributed by atoms with Crippen molar-refractivity contribution in [2.75, 3.05) is 18.2 Å². The molecule has 0 fully saturated rings. The van der Waals surface area contributed by atoms with Gasteiger partial charge in [0.05, 0.1) is 24.0 Å². The highest BCUT2D eigenvalue weighted by molar-refractivity contribution is 6.30. The van der Waals surface area contributed by atoms with Crippen molar-refractivity contribution >= 4 is 34.6 Å². The van der Waals surface area contributed by atoms with Gasteiger partial charge in [-0.15, -0.1) is 0 Å². The molecule has 0 heterocycles. The minimum Gasteiger partial charge on any atom is -0.465 e. The average molecular weight is 295 g/mol. The minimum absolute atomic E-state index is 0.259. The smallest absolute Gasteiger partial charge is 0.337 e. The Morgan fingerprint density at radius 2 is 2.05 bits per heavy atom. The number of hydrogen-bond acceptors (Lipinski definition) is 4. The van der Waals surface area contributed by atoms with Gasteiger partial charge in [0.1, 0.15) is 5.82 Å². The molecule has 6 heteroatoms. The van der Waals surface area contributed by atoms with Gasteiger partial charge < -0.3 is 15.8 Å². The molecule has 0 radical (unpaired) electrons. The first-order valence-corrected chi connectivity index (χ1v) is 6.08. The predicted octanol–water partition coefficient (Wildman–Crippen LogP) is 3.59. The Hall–Kier alpha value is -2.27. The molecule has 2 aromatic carbocycles. The first-order valence-electron chi connectivity index (χ1n) is 5.70. The summed E-state index contributed by atoms with van der Waals surface area (Å²) in [7, 11) is 1.29. The maximum atomic E-state index is 13.3. The second-order valence-electron chi connectivity index (χ2n) is 4.08. The first kappa shape index (κ1) is 14.1. The van der Waals surface area contributed by atoms with Crippen LogP contribution in [0.3, 0.4) is 0 Å². The Labute approximate surface area is 120 Å². The maximum absolute atomic E-state index is 13.3. The fourth-order valence-corrected chi connectivity index (χ4v) is 1.91. The van der Waals surface area contributed by atoms with E-state index in [4.69, 9.17) is 17.3 Å². The van der Waals surface area contributed by atoms with Crippen molar-refractivity contribution in [3.63, 3.8) is 0 Å². The van der Waals surface area contributed by atoms with Crippen molar-refractivity contribution in [2.24, 2.45) is 0 Å². The number of anilines is 3. The Morgan fingerprint density at radius 1 is 1.30 bits per heavy atom. The van der Waals surface area contributed by atoms with Gasteiger partial charge in [-0.05, 0) is 36.4 Å². The molecular formula is C14H12ClFN2O2. The number of nitrogen functional groups attached to an aromatic ring is 1. The molecule has 20 heavy (non-hydrogen) atoms. The number of benzene rings is 2. The fourth-order valence-electron chi connectivity index (χ4n) is 1.69. The van der Waals surface area contributed by atoms with E-state index >= 15 is 0 Å². The summed E-state index contributed by atoms with van der Waals surface area (Å²) in [5, 5.41) is 3.18. The number of ether oxygens (including phenoxy) is 1. The van der Waals surface area contributed by atoms with Crippen molar-refractivity contribution < 1.29 is 13.9 Å². The molecule has 0 atom stereocenters. The Balaban J connectivity index is 2.34. The Morgan fingerprint density at radius 3 is 2.70 bits per heavy atom. The molecule has 0 saturated heterocycles. The molecule has 0 bridgehead atoms. The number of hydrogen-bond donors (Lipinski definition) is 2. The van der Waals surface area contributed by atoms with Crippen LogP contribution in [0.4, 0.5) is 21.5 Å². The zero-order valence-corrected chi connectivity index (χ0v) is 11.4. The van der Waals surface area contributed by atoms with Gasteiger partial charge in [-0.25, -0.2) is 9.18 Å². The third-order valence-corrected chi connectivity index (χ3v) is 2.83. The predicted molar refractivity (Wildman–Crippen MR) is 76.9 cm³/mol. The summed E-state index contributed by atoms with van der Waals surface area (Å²) in [5.41, 5.74) is 7.47. The van der Waals surface area contributed by atoms with E-state index in [1.807, 2.05) is 0 Å². The van der Waals surface area contributed by atoms with Gasteiger partial charge in [0.2, 0.25) is 0 Å². The average Bonchev–Trinajstić information content (AvgIpc) is 2.39. The van der Waals surface area contributed by atoms with Gasteiger partial charge in [0.15, 0.2) is 0 Å². The summed E-state index contributed by atoms with van der Waals surface area (Å²) >= 11 is 5.77. The lowest BCUT2D eigenvalue weighted by Gasteiger charge is -2.11. The Kier molecular flexibility index (Phi) is 4.10. The van der Waals surface area contributed by atoms with Gasteiger partial charge in [-0.1, -0.05) is 11.6 Å². The molecule has 2 aromatic rings. The van der Waals surface area contributed by atoms with E-state index in [9.17, 15) is 9.18 Å². The quantitative estimate of drug-likeness (QED) is 0.671. The first-order chi connectivity index (χ1) is 9.49. The van der Waals surface area contributed by atoms with E-state index < -0.39 is 11.8 Å². The van der Waals surface area contributed by atoms with Crippen LogP contribution in [0.15, 0.2) is 36.4 Å². The van der Waals surface area contributed by atoms with Crippen LogP contribution < -0.4 is 11.1 Å². The molecule has 0 aliphatic heterocycles. The summed E-state index contributed by atoms with van der Waals surface area (Å²) in [6, 6.07) is 8.66. The van der Waals surface area contributed by atoms with E-state index in [-0.39, 0.29) is 5.02 Å². The van der Waals surface area contributed by atoms with Gasteiger partial charge >= 0.3 is 5.97 Å². The number of methoxy groups -OCH3 is 1. The van der Waals surface area contributed by atoms with E-state index in [1.54, 1.807) is 18.2 Å². The highest BCUT2D eigenvalue weighted by Gasteiger charge is 2.09. The largest absolute Gasteiger partial charge is 0.465 e. The monoisotopic (exact) mass is 294 g/mol. The molecule has 2 rings (SSSR count). The van der Waals surface area contributed by atoms with Gasteiger partial charge in [-0.3, -0.25) is 0 Å². The third kappa shape index (κ3) is 3.19. The normalized spacial score (nSPS) is 10.2. The summed E-state index contributed by atoms with van der Waals surface area (Å²) in [6.07, 6.45) is 0. The number of esters is 1. The fraction of sp³-hybridized carbons (Fsp3) is 0.0714. The van der Waals surface area contributed by atoms with Crippen molar-refractivity contribution in [3.8, 4) is 0 Å². The van der Waals surface area contributed by atoms with Crippen molar-refractivity contribution in [3.05, 3.63) is 52.8 Å². The van der Waals surface area contributed by atoms with Crippen LogP contribution in [0.2, 0.25) is 5.02 Å². The number of halogens is 2. The summed E-state index contributed by atoms with van der Waals surface area (Å²) in [6.45, 7) is 0. The molecule has 0 aliphatic carbocycles. The van der Waals surface area contributed by atoms with E-state index in [1.165, 1.54) is 25.3 Å². The van der Waals surface area contributed by atoms with Crippen molar-refractivity contribution in [2.45, 2.75) is 0 Å². The summed E-state index contributed by atoms with van der Waals surface area (Å²) in [4.78, 5) is 11.5. The van der Waals surface area contributed by atoms with Crippen LogP contribution in [0.1, 0.15) is 10.4 Å². The molecule has 0 spiro atoms. The number of nitrogens with one attached hydrogen (secondary N) is 1. The minimum atomic E-state index is -0.481. The number of rotatable bonds is 3. The van der Waals surface area contributed by atoms with Crippen LogP contribution >= 0.6 is 11.6 Å². The van der Waals surface area contributed by atoms with Gasteiger partial charge in [-0.2, -0.15) is 0 Å². The molecule has 0 amide bonds. The summed E-state index contributed by atoms with van der Waals surface area (Å²) < 4.78 is 17.9. The lowest BCUT2D eigenvalue weighted by Crippen LogP contribution is -2.04. The van der Waals surface area contributed by atoms with Crippen molar-refractivity contribution in [1.29, 1.82) is 0 Å². The number of nitrogens with two attached hydrogens (primary N) is 1. The van der Waals surface area contributed by atoms with E-state index in [0.29, 0.717) is 22.6 Å². The highest BCUT2D eigenvalue weighted by Crippen LogP contribution is 2.27. The maximum Gasteiger partial charge on any atom is 0.337 e. The molecular weight excluding hydrogens is 283 g/mol. The number of carbonyl (C=O) groups excluding carboxylic acids is 1. The third-order valence-electron chi connectivity index (χ3n) is 2.62. The highest BCUT2D eigenvalue weighted by atomic mass is 35.5. The Bertz CT molecular complexity index is 641. The molecule has 3 N–H and O–H groups in total. The van der Waals surface area contributed by atoms with Crippen LogP contribution in [0.25, 0.3) is 0 Å². The molecule has 0 aromatic heterocycles. The van der Waals surface area contributed by atoms with E-state index in [2.05, 4.69) is 10.1 Å². The second-order valence-corrected chi connectivity index (χ2v) is 4.51. The van der Waals surface area contributed by atoms with Gasteiger partial charge in [0, 0.05) is 10.7 Å². The molecule has 0 saturated carbocycles. The standard InChI is InChI=1S/C14H12ClFN2O2/c1-20-14(19)8-2-3-12(17)13(4-8)18-11-6-9(15)5-10(16)7-11/h2-7,18H,17H2,1H3. The zero-order valence-electron chi connectivity index (χ0n) is 10.6. The van der Waals surface area contributed by atoms with E-state index in [0.717, 1.165) is 0 Å². The van der Waals surface area contributed by atoms with Gasteiger partial charge in [0.25, 0.3) is 0 Å². The molecule has 104 valence electrons. The number of carbonyl (C=O) groups is 1. The van der Waals surface area contributed by atoms with Crippen LogP contribution in [-0.2, 0) is 4.74 Å². The molecule has 4 nitrogen and oxygen atoms in total. The second kappa shape index (κ2) is 5.79. The van der Waals surface area contributed by atoms with Crippen LogP contribution in [-0.4, -0.2) is 13.1 Å². The van der Waals surface area contributed by atoms with Crippen LogP contribution in [0.5, 0.6) is 0 Å². The van der Waals surface area contributed by atoms with Crippen LogP contribution in [0, 0.1) is 5.82 Å². The lowest BCUT2D eigenvalue weighted by atomic mass is 10.1. The topological polar surface area (TPSA) is 64.3 Å². The SMILES string of the molecule is COC(=O)c1ccc(N)c(Nc2cc(F)cc(Cl)c2)c1. The molecule has 0 unspecified atom stereocenters. The summed E-state index contributed by atoms with van der Waals surface area (Å²) in [5.74, 6) is -0.951. The molecule has 0 aliphatic rings. The zero-order chi connectivity index (χ0) is 14.7. The lowest BCUT2D eigenvalue weighted by molar-refractivity contribution is 0.0601. The van der Waals surface area contributed by atoms with Crippen molar-refractivity contribution in [1.82, 2.24) is 0 Å².